The normalized spacial score (nSPS) is 17.8. The Bertz CT molecular complexity index is 787. The van der Waals surface area contributed by atoms with Gasteiger partial charge in [0.15, 0.2) is 5.78 Å². The first kappa shape index (κ1) is 20.9. The van der Waals surface area contributed by atoms with Gasteiger partial charge in [0.2, 0.25) is 5.88 Å². The molecule has 0 N–H and O–H groups in total. The first-order valence-electron chi connectivity index (χ1n) is 10.8. The minimum Gasteiger partial charge on any atom is -0.478 e. The van der Waals surface area contributed by atoms with E-state index in [1.54, 1.807) is 0 Å². The third-order valence-electron chi connectivity index (χ3n) is 6.28. The molecule has 0 spiro atoms. The van der Waals surface area contributed by atoms with Crippen molar-refractivity contribution in [2.45, 2.75) is 65.8 Å². The van der Waals surface area contributed by atoms with Gasteiger partial charge < -0.3 is 14.2 Å². The number of piperidine rings is 1. The van der Waals surface area contributed by atoms with Crippen LogP contribution < -0.4 is 4.74 Å². The number of aromatic nitrogens is 1. The summed E-state index contributed by atoms with van der Waals surface area (Å²) in [6.45, 7) is 7.56. The fraction of sp³-hybridized carbons (Fsp3) is 0.625. The highest BCUT2D eigenvalue weighted by Gasteiger charge is 2.26. The number of hydrogen-bond acceptors (Lipinski definition) is 3. The van der Waals surface area contributed by atoms with E-state index in [0.29, 0.717) is 18.9 Å². The highest BCUT2D eigenvalue weighted by Crippen LogP contribution is 2.36. The topological polar surface area (TPSA) is 34.5 Å². The Morgan fingerprint density at radius 3 is 2.75 bits per heavy atom. The SMILES string of the molecule is C.CCCCN1CCC(CCC(=O)c2c3n(c4ccccc24)CCCO3)CC1. The number of unbranched alkanes of at least 4 members (excludes halogenated alkanes) is 1. The number of ketones is 1. The van der Waals surface area contributed by atoms with Crippen LogP contribution in [0.15, 0.2) is 24.3 Å². The first-order chi connectivity index (χ1) is 13.3. The molecule has 2 aromatic rings. The number of Topliss-reactive ketones (excluding diaryl/α,β-unsaturated/α-hetero) is 1. The van der Waals surface area contributed by atoms with Crippen molar-refractivity contribution >= 4 is 16.7 Å². The number of nitrogens with zero attached hydrogens (tertiary/aromatic N) is 2. The molecule has 28 heavy (non-hydrogen) atoms. The van der Waals surface area contributed by atoms with E-state index < -0.39 is 0 Å². The van der Waals surface area contributed by atoms with Crippen LogP contribution in [0.3, 0.4) is 0 Å². The summed E-state index contributed by atoms with van der Waals surface area (Å²) in [4.78, 5) is 15.7. The molecule has 4 rings (SSSR count). The van der Waals surface area contributed by atoms with Gasteiger partial charge in [-0.05, 0) is 63.7 Å². The van der Waals surface area contributed by atoms with Crippen LogP contribution in [0.4, 0.5) is 0 Å². The van der Waals surface area contributed by atoms with Crippen LogP contribution in [0.25, 0.3) is 10.9 Å². The van der Waals surface area contributed by atoms with Crippen LogP contribution in [0.2, 0.25) is 0 Å². The summed E-state index contributed by atoms with van der Waals surface area (Å²) in [6, 6.07) is 8.25. The van der Waals surface area contributed by atoms with Crippen molar-refractivity contribution in [3.05, 3.63) is 29.8 Å². The van der Waals surface area contributed by atoms with Gasteiger partial charge in [-0.3, -0.25) is 4.79 Å². The van der Waals surface area contributed by atoms with Crippen molar-refractivity contribution in [2.24, 2.45) is 5.92 Å². The number of benzene rings is 1. The minimum atomic E-state index is 0. The fourth-order valence-corrected chi connectivity index (χ4v) is 4.65. The summed E-state index contributed by atoms with van der Waals surface area (Å²) >= 11 is 0. The maximum Gasteiger partial charge on any atom is 0.205 e. The average molecular weight is 385 g/mol. The molecule has 0 amide bonds. The highest BCUT2D eigenvalue weighted by atomic mass is 16.5. The summed E-state index contributed by atoms with van der Waals surface area (Å²) in [6.07, 6.45) is 7.71. The molecule has 0 aliphatic carbocycles. The monoisotopic (exact) mass is 384 g/mol. The molecule has 0 bridgehead atoms. The van der Waals surface area contributed by atoms with E-state index in [1.165, 1.54) is 45.3 Å². The van der Waals surface area contributed by atoms with E-state index in [1.807, 2.05) is 12.1 Å². The molecule has 1 fully saturated rings. The molecule has 1 saturated heterocycles. The lowest BCUT2D eigenvalue weighted by Gasteiger charge is -2.31. The zero-order valence-corrected chi connectivity index (χ0v) is 16.6. The number of ether oxygens (including phenoxy) is 1. The number of rotatable bonds is 7. The van der Waals surface area contributed by atoms with Crippen molar-refractivity contribution < 1.29 is 9.53 Å². The highest BCUT2D eigenvalue weighted by molar-refractivity contribution is 6.10. The number of carbonyl (C=O) groups is 1. The van der Waals surface area contributed by atoms with Gasteiger partial charge >= 0.3 is 0 Å². The maximum absolute atomic E-state index is 13.1. The Balaban J connectivity index is 0.00000225. The van der Waals surface area contributed by atoms with Crippen LogP contribution in [-0.4, -0.2) is 41.5 Å². The van der Waals surface area contributed by atoms with E-state index in [9.17, 15) is 4.79 Å². The molecule has 0 saturated carbocycles. The Hall–Kier alpha value is -1.81. The Labute approximate surface area is 169 Å². The van der Waals surface area contributed by atoms with Gasteiger partial charge in [-0.15, -0.1) is 0 Å². The standard InChI is InChI=1S/C23H32N2O2.CH4/c1-2-3-13-24-15-11-18(12-16-24)9-10-21(26)22-19-7-4-5-8-20(19)25-14-6-17-27-23(22)25;/h4-5,7-8,18H,2-3,6,9-17H2,1H3;1H4. The molecule has 3 heterocycles. The number of fused-ring (bicyclic) bond motifs is 3. The Morgan fingerprint density at radius 2 is 1.96 bits per heavy atom. The van der Waals surface area contributed by atoms with Gasteiger partial charge in [0.1, 0.15) is 0 Å². The molecule has 4 heteroatoms. The smallest absolute Gasteiger partial charge is 0.205 e. The summed E-state index contributed by atoms with van der Waals surface area (Å²) in [5.74, 6) is 1.76. The lowest BCUT2D eigenvalue weighted by molar-refractivity contribution is 0.0957. The number of likely N-dealkylation sites (tertiary alicyclic amines) is 1. The predicted molar refractivity (Wildman–Crippen MR) is 116 cm³/mol. The third-order valence-corrected chi connectivity index (χ3v) is 6.28. The van der Waals surface area contributed by atoms with E-state index in [2.05, 4.69) is 28.5 Å². The van der Waals surface area contributed by atoms with Gasteiger partial charge in [0, 0.05) is 18.4 Å². The minimum absolute atomic E-state index is 0. The lowest BCUT2D eigenvalue weighted by Crippen LogP contribution is -2.34. The van der Waals surface area contributed by atoms with Crippen LogP contribution in [0, 0.1) is 5.92 Å². The largest absolute Gasteiger partial charge is 0.478 e. The van der Waals surface area contributed by atoms with Crippen molar-refractivity contribution in [1.29, 1.82) is 0 Å². The van der Waals surface area contributed by atoms with E-state index in [-0.39, 0.29) is 13.2 Å². The van der Waals surface area contributed by atoms with Gasteiger partial charge in [0.05, 0.1) is 17.7 Å². The second kappa shape index (κ2) is 9.60. The summed E-state index contributed by atoms with van der Waals surface area (Å²) in [7, 11) is 0. The van der Waals surface area contributed by atoms with E-state index in [4.69, 9.17) is 4.74 Å². The van der Waals surface area contributed by atoms with Gasteiger partial charge in [-0.1, -0.05) is 39.0 Å². The van der Waals surface area contributed by atoms with Crippen LogP contribution >= 0.6 is 0 Å². The van der Waals surface area contributed by atoms with Crippen molar-refractivity contribution in [2.75, 3.05) is 26.2 Å². The number of para-hydroxylation sites is 1. The Morgan fingerprint density at radius 1 is 1.18 bits per heavy atom. The van der Waals surface area contributed by atoms with E-state index >= 15 is 0 Å². The molecule has 2 aliphatic rings. The lowest BCUT2D eigenvalue weighted by atomic mass is 9.90. The van der Waals surface area contributed by atoms with E-state index in [0.717, 1.165) is 41.7 Å². The maximum atomic E-state index is 13.1. The van der Waals surface area contributed by atoms with Gasteiger partial charge in [0.25, 0.3) is 0 Å². The fourth-order valence-electron chi connectivity index (χ4n) is 4.65. The number of hydrogen-bond donors (Lipinski definition) is 0. The van der Waals surface area contributed by atoms with Crippen molar-refractivity contribution in [3.8, 4) is 5.88 Å². The van der Waals surface area contributed by atoms with Crippen molar-refractivity contribution in [3.63, 3.8) is 0 Å². The molecular formula is C24H36N2O2. The molecule has 0 atom stereocenters. The molecule has 1 aromatic heterocycles. The van der Waals surface area contributed by atoms with Crippen LogP contribution in [0.5, 0.6) is 5.88 Å². The quantitative estimate of drug-likeness (QED) is 0.588. The molecule has 0 unspecified atom stereocenters. The van der Waals surface area contributed by atoms with Crippen LogP contribution in [0.1, 0.15) is 69.7 Å². The van der Waals surface area contributed by atoms with Crippen LogP contribution in [-0.2, 0) is 6.54 Å². The third kappa shape index (κ3) is 4.27. The molecule has 2 aliphatic heterocycles. The van der Waals surface area contributed by atoms with Gasteiger partial charge in [-0.25, -0.2) is 0 Å². The predicted octanol–water partition coefficient (Wildman–Crippen LogP) is 5.53. The van der Waals surface area contributed by atoms with Crippen molar-refractivity contribution in [1.82, 2.24) is 9.47 Å². The molecule has 4 nitrogen and oxygen atoms in total. The molecular weight excluding hydrogens is 348 g/mol. The Kier molecular flexibility index (Phi) is 7.17. The van der Waals surface area contributed by atoms with Gasteiger partial charge in [-0.2, -0.15) is 0 Å². The molecule has 1 aromatic carbocycles. The number of aryl methyl sites for hydroxylation is 1. The molecule has 0 radical (unpaired) electrons. The molecule has 154 valence electrons. The second-order valence-corrected chi connectivity index (χ2v) is 8.15. The second-order valence-electron chi connectivity index (χ2n) is 8.15. The average Bonchev–Trinajstić information content (AvgIpc) is 3.06. The summed E-state index contributed by atoms with van der Waals surface area (Å²) in [5.41, 5.74) is 1.96. The first-order valence-corrected chi connectivity index (χ1v) is 10.8. The zero-order chi connectivity index (χ0) is 18.6. The number of carbonyl (C=O) groups excluding carboxylic acids is 1. The summed E-state index contributed by atoms with van der Waals surface area (Å²) < 4.78 is 8.13. The zero-order valence-electron chi connectivity index (χ0n) is 16.6. The summed E-state index contributed by atoms with van der Waals surface area (Å²) in [5, 5.41) is 1.06.